The van der Waals surface area contributed by atoms with Crippen LogP contribution in [0.25, 0.3) is 0 Å². The zero-order valence-corrected chi connectivity index (χ0v) is 10.8. The Bertz CT molecular complexity index is 280. The number of rotatable bonds is 0. The molecule has 0 amide bonds. The van der Waals surface area contributed by atoms with Gasteiger partial charge in [0.2, 0.25) is 0 Å². The third-order valence-corrected chi connectivity index (χ3v) is 4.98. The Morgan fingerprint density at radius 2 is 2.20 bits per heavy atom. The van der Waals surface area contributed by atoms with Gasteiger partial charge in [-0.3, -0.25) is 0 Å². The van der Waals surface area contributed by atoms with Gasteiger partial charge in [-0.25, -0.2) is 0 Å². The monoisotopic (exact) mass is 224 g/mol. The van der Waals surface area contributed by atoms with Gasteiger partial charge in [-0.05, 0) is 43.0 Å². The van der Waals surface area contributed by atoms with Crippen molar-refractivity contribution in [2.45, 2.75) is 44.1 Å². The molecular weight excluding hydrogens is 203 g/mol. The number of likely N-dealkylation sites (tertiary alicyclic amines) is 1. The molecule has 1 saturated carbocycles. The molecule has 84 valence electrons. The van der Waals surface area contributed by atoms with Crippen LogP contribution < -0.4 is 5.73 Å². The SMILES string of the molecule is BC1(N)CCC(C)C2C1CCC(=S)N2C. The van der Waals surface area contributed by atoms with Crippen LogP contribution in [-0.4, -0.2) is 36.3 Å². The standard InChI is InChI=1S/C11H21BN2S/c1-7-5-6-11(12,13)8-3-4-9(15)14(2)10(7)8/h7-8,10H,3-6,12-13H2,1-2H3. The van der Waals surface area contributed by atoms with Gasteiger partial charge in [0.25, 0.3) is 0 Å². The van der Waals surface area contributed by atoms with E-state index >= 15 is 0 Å². The maximum Gasteiger partial charge on any atom is 0.127 e. The molecule has 1 aliphatic carbocycles. The van der Waals surface area contributed by atoms with Gasteiger partial charge in [-0.15, -0.1) is 0 Å². The molecule has 0 aromatic rings. The van der Waals surface area contributed by atoms with Crippen molar-refractivity contribution in [3.63, 3.8) is 0 Å². The highest BCUT2D eigenvalue weighted by Gasteiger charge is 2.46. The summed E-state index contributed by atoms with van der Waals surface area (Å²) in [5.74, 6) is 1.35. The molecule has 2 aliphatic rings. The molecule has 0 aromatic heterocycles. The summed E-state index contributed by atoms with van der Waals surface area (Å²) >= 11 is 5.41. The molecule has 0 radical (unpaired) electrons. The zero-order chi connectivity index (χ0) is 11.2. The fourth-order valence-electron chi connectivity index (χ4n) is 3.46. The second-order valence-electron chi connectivity index (χ2n) is 5.66. The predicted octanol–water partition coefficient (Wildman–Crippen LogP) is 0.742. The van der Waals surface area contributed by atoms with Crippen molar-refractivity contribution in [2.75, 3.05) is 7.05 Å². The van der Waals surface area contributed by atoms with Crippen LogP contribution in [0, 0.1) is 11.8 Å². The van der Waals surface area contributed by atoms with Gasteiger partial charge in [0.05, 0.1) is 4.99 Å². The summed E-state index contributed by atoms with van der Waals surface area (Å²) in [5.41, 5.74) is 6.45. The molecule has 2 rings (SSSR count). The second-order valence-corrected chi connectivity index (χ2v) is 6.13. The first-order valence-electron chi connectivity index (χ1n) is 5.98. The Balaban J connectivity index is 2.26. The molecule has 2 nitrogen and oxygen atoms in total. The number of thiocarbonyl (C=S) groups is 1. The Labute approximate surface area is 99.0 Å². The highest BCUT2D eigenvalue weighted by atomic mass is 32.1. The van der Waals surface area contributed by atoms with Crippen LogP contribution in [-0.2, 0) is 0 Å². The average molecular weight is 224 g/mol. The van der Waals surface area contributed by atoms with Crippen molar-refractivity contribution < 1.29 is 0 Å². The lowest BCUT2D eigenvalue weighted by molar-refractivity contribution is 0.0773. The van der Waals surface area contributed by atoms with Crippen molar-refractivity contribution in [3.8, 4) is 0 Å². The van der Waals surface area contributed by atoms with E-state index in [-0.39, 0.29) is 5.44 Å². The van der Waals surface area contributed by atoms with E-state index in [1.54, 1.807) is 0 Å². The zero-order valence-electron chi connectivity index (χ0n) is 9.99. The molecular formula is C11H21BN2S. The Kier molecular flexibility index (Phi) is 2.84. The molecule has 4 heteroatoms. The van der Waals surface area contributed by atoms with Gasteiger partial charge in [0.1, 0.15) is 7.85 Å². The molecule has 0 aromatic carbocycles. The van der Waals surface area contributed by atoms with Crippen LogP contribution in [0.2, 0.25) is 0 Å². The van der Waals surface area contributed by atoms with Crippen LogP contribution in [0.4, 0.5) is 0 Å². The van der Waals surface area contributed by atoms with Crippen molar-refractivity contribution >= 4 is 25.1 Å². The normalized spacial score (nSPS) is 46.5. The van der Waals surface area contributed by atoms with Crippen molar-refractivity contribution in [2.24, 2.45) is 17.6 Å². The molecule has 2 N–H and O–H groups in total. The van der Waals surface area contributed by atoms with Crippen LogP contribution in [0.15, 0.2) is 0 Å². The molecule has 1 aliphatic heterocycles. The van der Waals surface area contributed by atoms with Crippen molar-refractivity contribution in [1.82, 2.24) is 4.90 Å². The average Bonchev–Trinajstić information content (AvgIpc) is 2.17. The lowest BCUT2D eigenvalue weighted by atomic mass is 9.55. The van der Waals surface area contributed by atoms with Gasteiger partial charge >= 0.3 is 0 Å². The summed E-state index contributed by atoms with van der Waals surface area (Å²) in [5, 5.41) is 0. The fraction of sp³-hybridized carbons (Fsp3) is 0.909. The summed E-state index contributed by atoms with van der Waals surface area (Å²) in [4.78, 5) is 3.44. The summed E-state index contributed by atoms with van der Waals surface area (Å²) < 4.78 is 0. The Hall–Kier alpha value is -0.0851. The second kappa shape index (κ2) is 3.74. The number of nitrogens with zero attached hydrogens (tertiary/aromatic N) is 1. The Morgan fingerprint density at radius 3 is 2.87 bits per heavy atom. The topological polar surface area (TPSA) is 29.3 Å². The van der Waals surface area contributed by atoms with Gasteiger partial charge < -0.3 is 10.6 Å². The summed E-state index contributed by atoms with van der Waals surface area (Å²) in [6.07, 6.45) is 4.63. The molecule has 1 heterocycles. The Morgan fingerprint density at radius 1 is 1.53 bits per heavy atom. The molecule has 0 spiro atoms. The summed E-state index contributed by atoms with van der Waals surface area (Å²) in [6.45, 7) is 2.34. The number of hydrogen-bond donors (Lipinski definition) is 1. The first-order chi connectivity index (χ1) is 6.93. The van der Waals surface area contributed by atoms with E-state index in [2.05, 4.69) is 26.7 Å². The largest absolute Gasteiger partial charge is 0.366 e. The smallest absolute Gasteiger partial charge is 0.127 e. The third kappa shape index (κ3) is 1.82. The lowest BCUT2D eigenvalue weighted by Gasteiger charge is -2.54. The fourth-order valence-corrected chi connectivity index (χ4v) is 3.69. The lowest BCUT2D eigenvalue weighted by Crippen LogP contribution is -2.63. The molecule has 4 unspecified atom stereocenters. The van der Waals surface area contributed by atoms with E-state index in [1.807, 2.05) is 0 Å². The van der Waals surface area contributed by atoms with Crippen LogP contribution in [0.3, 0.4) is 0 Å². The summed E-state index contributed by atoms with van der Waals surface area (Å²) in [7, 11) is 4.37. The highest BCUT2D eigenvalue weighted by molar-refractivity contribution is 7.80. The van der Waals surface area contributed by atoms with Crippen molar-refractivity contribution in [1.29, 1.82) is 0 Å². The van der Waals surface area contributed by atoms with Crippen LogP contribution in [0.5, 0.6) is 0 Å². The predicted molar refractivity (Wildman–Crippen MR) is 70.7 cm³/mol. The minimum atomic E-state index is 0.0153. The minimum absolute atomic E-state index is 0.0153. The quantitative estimate of drug-likeness (QED) is 0.486. The van der Waals surface area contributed by atoms with Gasteiger partial charge in [0.15, 0.2) is 0 Å². The van der Waals surface area contributed by atoms with Crippen LogP contribution >= 0.6 is 12.2 Å². The van der Waals surface area contributed by atoms with E-state index in [4.69, 9.17) is 18.0 Å². The summed E-state index contributed by atoms with van der Waals surface area (Å²) in [6, 6.07) is 0.579. The first-order valence-corrected chi connectivity index (χ1v) is 6.39. The van der Waals surface area contributed by atoms with E-state index < -0.39 is 0 Å². The third-order valence-electron chi connectivity index (χ3n) is 4.49. The first kappa shape index (κ1) is 11.4. The number of hydrogen-bond acceptors (Lipinski definition) is 2. The molecule has 1 saturated heterocycles. The van der Waals surface area contributed by atoms with Crippen LogP contribution in [0.1, 0.15) is 32.6 Å². The van der Waals surface area contributed by atoms with E-state index in [9.17, 15) is 0 Å². The van der Waals surface area contributed by atoms with Crippen molar-refractivity contribution in [3.05, 3.63) is 0 Å². The number of nitrogens with two attached hydrogens (primary N) is 1. The van der Waals surface area contributed by atoms with E-state index in [1.165, 1.54) is 12.8 Å². The van der Waals surface area contributed by atoms with Gasteiger partial charge in [0, 0.05) is 13.1 Å². The maximum atomic E-state index is 6.43. The van der Waals surface area contributed by atoms with Gasteiger partial charge in [-0.1, -0.05) is 19.1 Å². The minimum Gasteiger partial charge on any atom is -0.366 e. The van der Waals surface area contributed by atoms with E-state index in [0.29, 0.717) is 12.0 Å². The number of piperidine rings is 1. The maximum absolute atomic E-state index is 6.43. The molecule has 15 heavy (non-hydrogen) atoms. The molecule has 4 atom stereocenters. The molecule has 2 fully saturated rings. The number of fused-ring (bicyclic) bond motifs is 1. The van der Waals surface area contributed by atoms with E-state index in [0.717, 1.165) is 23.7 Å². The molecule has 0 bridgehead atoms. The highest BCUT2D eigenvalue weighted by Crippen LogP contribution is 2.41. The van der Waals surface area contributed by atoms with Gasteiger partial charge in [-0.2, -0.15) is 0 Å².